The molecule has 1 fully saturated rings. The summed E-state index contributed by atoms with van der Waals surface area (Å²) < 4.78 is 25.8. The van der Waals surface area contributed by atoms with Crippen molar-refractivity contribution in [3.63, 3.8) is 0 Å². The van der Waals surface area contributed by atoms with Crippen molar-refractivity contribution in [3.8, 4) is 0 Å². The van der Waals surface area contributed by atoms with Gasteiger partial charge in [0.05, 0.1) is 9.82 Å². The van der Waals surface area contributed by atoms with Gasteiger partial charge >= 0.3 is 0 Å². The first-order valence-corrected chi connectivity index (χ1v) is 7.33. The summed E-state index contributed by atoms with van der Waals surface area (Å²) in [4.78, 5) is 21.1. The number of nitro benzene ring substituents is 1. The Morgan fingerprint density at radius 3 is 2.45 bits per heavy atom. The van der Waals surface area contributed by atoms with Crippen molar-refractivity contribution in [3.05, 3.63) is 34.4 Å². The molecule has 1 amide bonds. The number of primary amides is 1. The van der Waals surface area contributed by atoms with Crippen LogP contribution in [0.1, 0.15) is 12.8 Å². The largest absolute Gasteiger partial charge is 0.368 e. The highest BCUT2D eigenvalue weighted by Gasteiger charge is 2.38. The van der Waals surface area contributed by atoms with E-state index in [1.165, 1.54) is 0 Å². The lowest BCUT2D eigenvalue weighted by Gasteiger charge is -2.21. The van der Waals surface area contributed by atoms with Crippen molar-refractivity contribution in [2.75, 3.05) is 6.54 Å². The minimum absolute atomic E-state index is 0.0868. The monoisotopic (exact) mass is 299 g/mol. The average Bonchev–Trinajstić information content (AvgIpc) is 2.89. The fourth-order valence-electron chi connectivity index (χ4n) is 2.19. The van der Waals surface area contributed by atoms with Crippen LogP contribution in [0.2, 0.25) is 0 Å². The molecule has 9 heteroatoms. The normalized spacial score (nSPS) is 19.9. The van der Waals surface area contributed by atoms with Gasteiger partial charge in [0.2, 0.25) is 15.9 Å². The number of carbonyl (C=O) groups is 1. The molecule has 1 aliphatic rings. The molecule has 0 saturated carbocycles. The Morgan fingerprint density at radius 1 is 1.35 bits per heavy atom. The fraction of sp³-hybridized carbons (Fsp3) is 0.364. The van der Waals surface area contributed by atoms with Gasteiger partial charge in [-0.1, -0.05) is 0 Å². The second kappa shape index (κ2) is 5.17. The highest BCUT2D eigenvalue weighted by Crippen LogP contribution is 2.26. The van der Waals surface area contributed by atoms with E-state index in [1.54, 1.807) is 0 Å². The van der Waals surface area contributed by atoms with Gasteiger partial charge in [-0.25, -0.2) is 8.42 Å². The zero-order chi connectivity index (χ0) is 14.9. The van der Waals surface area contributed by atoms with Gasteiger partial charge in [0.15, 0.2) is 0 Å². The Bertz CT molecular complexity index is 641. The number of amides is 1. The van der Waals surface area contributed by atoms with Crippen LogP contribution in [0.3, 0.4) is 0 Å². The molecule has 1 unspecified atom stereocenters. The van der Waals surface area contributed by atoms with Crippen LogP contribution in [-0.4, -0.2) is 36.1 Å². The number of benzene rings is 1. The lowest BCUT2D eigenvalue weighted by molar-refractivity contribution is -0.384. The van der Waals surface area contributed by atoms with E-state index in [4.69, 9.17) is 5.73 Å². The third kappa shape index (κ3) is 2.49. The number of sulfonamides is 1. The van der Waals surface area contributed by atoms with Gasteiger partial charge in [0.1, 0.15) is 6.04 Å². The number of carbonyl (C=O) groups excluding carboxylic acids is 1. The minimum atomic E-state index is -3.87. The Kier molecular flexibility index (Phi) is 3.73. The Balaban J connectivity index is 2.35. The average molecular weight is 299 g/mol. The van der Waals surface area contributed by atoms with Crippen LogP contribution in [0, 0.1) is 10.1 Å². The van der Waals surface area contributed by atoms with Crippen LogP contribution in [-0.2, 0) is 14.8 Å². The smallest absolute Gasteiger partial charge is 0.269 e. The molecule has 1 aromatic rings. The van der Waals surface area contributed by atoms with Crippen LogP contribution >= 0.6 is 0 Å². The van der Waals surface area contributed by atoms with Crippen LogP contribution < -0.4 is 5.73 Å². The number of nitrogens with zero attached hydrogens (tertiary/aromatic N) is 2. The molecular formula is C11H13N3O5S. The molecular weight excluding hydrogens is 286 g/mol. The molecule has 1 heterocycles. The molecule has 1 saturated heterocycles. The van der Waals surface area contributed by atoms with Gasteiger partial charge in [-0.15, -0.1) is 0 Å². The Hall–Kier alpha value is -2.00. The molecule has 1 aromatic carbocycles. The number of nitro groups is 1. The van der Waals surface area contributed by atoms with Gasteiger partial charge in [-0.2, -0.15) is 4.31 Å². The van der Waals surface area contributed by atoms with Gasteiger partial charge in [-0.3, -0.25) is 14.9 Å². The highest BCUT2D eigenvalue weighted by molar-refractivity contribution is 7.89. The Labute approximate surface area is 115 Å². The van der Waals surface area contributed by atoms with Crippen molar-refractivity contribution >= 4 is 21.6 Å². The van der Waals surface area contributed by atoms with E-state index in [-0.39, 0.29) is 17.1 Å². The van der Waals surface area contributed by atoms with Crippen LogP contribution in [0.5, 0.6) is 0 Å². The summed E-state index contributed by atoms with van der Waals surface area (Å²) in [6, 6.07) is 3.69. The minimum Gasteiger partial charge on any atom is -0.368 e. The summed E-state index contributed by atoms with van der Waals surface area (Å²) >= 11 is 0. The molecule has 2 rings (SSSR count). The first-order valence-electron chi connectivity index (χ1n) is 5.89. The molecule has 1 atom stereocenters. The summed E-state index contributed by atoms with van der Waals surface area (Å²) in [5.74, 6) is -0.687. The van der Waals surface area contributed by atoms with E-state index in [0.29, 0.717) is 12.8 Å². The molecule has 2 N–H and O–H groups in total. The lowest BCUT2D eigenvalue weighted by atomic mass is 10.2. The second-order valence-electron chi connectivity index (χ2n) is 4.43. The maximum Gasteiger partial charge on any atom is 0.269 e. The van der Waals surface area contributed by atoms with E-state index in [0.717, 1.165) is 28.6 Å². The highest BCUT2D eigenvalue weighted by atomic mass is 32.2. The lowest BCUT2D eigenvalue weighted by Crippen LogP contribution is -2.43. The quantitative estimate of drug-likeness (QED) is 0.629. The number of hydrogen-bond donors (Lipinski definition) is 1. The molecule has 0 spiro atoms. The molecule has 108 valence electrons. The number of nitrogens with two attached hydrogens (primary N) is 1. The number of rotatable bonds is 4. The van der Waals surface area contributed by atoms with Gasteiger partial charge in [-0.05, 0) is 25.0 Å². The van der Waals surface area contributed by atoms with E-state index in [9.17, 15) is 23.3 Å². The Morgan fingerprint density at radius 2 is 1.95 bits per heavy atom. The van der Waals surface area contributed by atoms with Crippen molar-refractivity contribution < 1.29 is 18.1 Å². The predicted molar refractivity (Wildman–Crippen MR) is 69.2 cm³/mol. The summed E-state index contributed by atoms with van der Waals surface area (Å²) in [5, 5.41) is 10.5. The van der Waals surface area contributed by atoms with E-state index in [1.807, 2.05) is 0 Å². The van der Waals surface area contributed by atoms with Crippen molar-refractivity contribution in [2.24, 2.45) is 5.73 Å². The van der Waals surface area contributed by atoms with E-state index in [2.05, 4.69) is 0 Å². The van der Waals surface area contributed by atoms with Crippen LogP contribution in [0.15, 0.2) is 29.2 Å². The van der Waals surface area contributed by atoms with Crippen molar-refractivity contribution in [1.82, 2.24) is 4.31 Å². The summed E-state index contributed by atoms with van der Waals surface area (Å²) in [6.45, 7) is 0.215. The van der Waals surface area contributed by atoms with Gasteiger partial charge < -0.3 is 5.73 Å². The molecule has 20 heavy (non-hydrogen) atoms. The molecule has 1 aliphatic heterocycles. The maximum atomic E-state index is 12.4. The molecule has 0 aliphatic carbocycles. The van der Waals surface area contributed by atoms with E-state index < -0.39 is 26.9 Å². The standard InChI is InChI=1S/C11H13N3O5S/c12-11(15)10-2-1-7-13(10)20(18,19)9-5-3-8(4-6-9)14(16)17/h3-6,10H,1-2,7H2,(H2,12,15). The van der Waals surface area contributed by atoms with E-state index >= 15 is 0 Å². The zero-order valence-electron chi connectivity index (χ0n) is 10.4. The summed E-state index contributed by atoms with van der Waals surface area (Å²) in [5.41, 5.74) is 4.99. The third-order valence-corrected chi connectivity index (χ3v) is 5.11. The fourth-order valence-corrected chi connectivity index (χ4v) is 3.85. The molecule has 8 nitrogen and oxygen atoms in total. The van der Waals surface area contributed by atoms with Gasteiger partial charge in [0.25, 0.3) is 5.69 Å². The van der Waals surface area contributed by atoms with Crippen LogP contribution in [0.25, 0.3) is 0 Å². The molecule has 0 bridgehead atoms. The van der Waals surface area contributed by atoms with Crippen LogP contribution in [0.4, 0.5) is 5.69 Å². The molecule has 0 radical (unpaired) electrons. The van der Waals surface area contributed by atoms with Gasteiger partial charge in [0, 0.05) is 18.7 Å². The zero-order valence-corrected chi connectivity index (χ0v) is 11.2. The number of non-ortho nitro benzene ring substituents is 1. The summed E-state index contributed by atoms with van der Waals surface area (Å²) in [7, 11) is -3.87. The second-order valence-corrected chi connectivity index (χ2v) is 6.32. The summed E-state index contributed by atoms with van der Waals surface area (Å²) in [6.07, 6.45) is 0.946. The SMILES string of the molecule is NC(=O)C1CCCN1S(=O)(=O)c1ccc([N+](=O)[O-])cc1. The third-order valence-electron chi connectivity index (χ3n) is 3.19. The maximum absolute atomic E-state index is 12.4. The van der Waals surface area contributed by atoms with Crippen molar-refractivity contribution in [1.29, 1.82) is 0 Å². The first-order chi connectivity index (χ1) is 9.34. The molecule has 0 aromatic heterocycles. The predicted octanol–water partition coefficient (Wildman–Crippen LogP) is 0.233. The number of hydrogen-bond acceptors (Lipinski definition) is 5. The first kappa shape index (κ1) is 14.4. The topological polar surface area (TPSA) is 124 Å². The van der Waals surface area contributed by atoms with Crippen molar-refractivity contribution in [2.45, 2.75) is 23.8 Å².